The zero-order valence-electron chi connectivity index (χ0n) is 14.7. The number of halogens is 2. The fourth-order valence-corrected chi connectivity index (χ4v) is 5.25. The van der Waals surface area contributed by atoms with Gasteiger partial charge in [-0.2, -0.15) is 5.26 Å². The first-order valence-corrected chi connectivity index (χ1v) is 9.85. The maximum absolute atomic E-state index is 13.0. The molecular formula is C19H22Cl2N4O. The monoisotopic (exact) mass is 392 g/mol. The molecule has 0 saturated carbocycles. The normalized spacial score (nSPS) is 32.8. The SMILES string of the molecule is C[C@@]1(C(=O)N[C@@H]2C[C@@H]3CC[C@H]2N3C#N)CCN(c2cc(Cl)cc(Cl)c2)C1. The molecule has 3 heterocycles. The summed E-state index contributed by atoms with van der Waals surface area (Å²) in [5.74, 6) is 0.0866. The molecule has 1 amide bonds. The van der Waals surface area contributed by atoms with E-state index < -0.39 is 5.41 Å². The molecule has 2 bridgehead atoms. The summed E-state index contributed by atoms with van der Waals surface area (Å²) in [5.41, 5.74) is 0.503. The average molecular weight is 393 g/mol. The quantitative estimate of drug-likeness (QED) is 0.800. The highest BCUT2D eigenvalue weighted by Gasteiger charge is 2.49. The Morgan fingerprint density at radius 1 is 1.31 bits per heavy atom. The summed E-state index contributed by atoms with van der Waals surface area (Å²) >= 11 is 12.2. The van der Waals surface area contributed by atoms with Crippen molar-refractivity contribution in [3.8, 4) is 6.19 Å². The van der Waals surface area contributed by atoms with Crippen LogP contribution in [0.4, 0.5) is 5.69 Å². The number of fused-ring (bicyclic) bond motifs is 2. The third-order valence-electron chi connectivity index (χ3n) is 6.20. The fraction of sp³-hybridized carbons (Fsp3) is 0.579. The summed E-state index contributed by atoms with van der Waals surface area (Å²) in [7, 11) is 0. The smallest absolute Gasteiger partial charge is 0.228 e. The van der Waals surface area contributed by atoms with Crippen LogP contribution < -0.4 is 10.2 Å². The number of rotatable bonds is 3. The molecule has 26 heavy (non-hydrogen) atoms. The number of hydrogen-bond acceptors (Lipinski definition) is 4. The minimum absolute atomic E-state index is 0.0866. The van der Waals surface area contributed by atoms with Gasteiger partial charge in [-0.1, -0.05) is 23.2 Å². The Morgan fingerprint density at radius 2 is 2.04 bits per heavy atom. The Bertz CT molecular complexity index is 759. The molecular weight excluding hydrogens is 371 g/mol. The molecule has 0 aliphatic carbocycles. The topological polar surface area (TPSA) is 59.4 Å². The third-order valence-corrected chi connectivity index (χ3v) is 6.64. The molecule has 4 rings (SSSR count). The third kappa shape index (κ3) is 3.00. The van der Waals surface area contributed by atoms with Crippen LogP contribution in [0.1, 0.15) is 32.6 Å². The second-order valence-electron chi connectivity index (χ2n) is 7.98. The lowest BCUT2D eigenvalue weighted by atomic mass is 9.87. The largest absolute Gasteiger partial charge is 0.370 e. The van der Waals surface area contributed by atoms with E-state index in [4.69, 9.17) is 23.2 Å². The summed E-state index contributed by atoms with van der Waals surface area (Å²) in [5, 5.41) is 13.7. The van der Waals surface area contributed by atoms with Crippen LogP contribution in [0, 0.1) is 16.9 Å². The summed E-state index contributed by atoms with van der Waals surface area (Å²) in [4.78, 5) is 17.1. The predicted octanol–water partition coefficient (Wildman–Crippen LogP) is 3.41. The van der Waals surface area contributed by atoms with E-state index in [1.807, 2.05) is 24.0 Å². The van der Waals surface area contributed by atoms with Crippen LogP contribution >= 0.6 is 23.2 Å². The van der Waals surface area contributed by atoms with Gasteiger partial charge >= 0.3 is 0 Å². The van der Waals surface area contributed by atoms with Crippen molar-refractivity contribution in [2.45, 2.75) is 50.7 Å². The highest BCUT2D eigenvalue weighted by Crippen LogP contribution is 2.39. The molecule has 5 nitrogen and oxygen atoms in total. The molecule has 3 aliphatic rings. The number of carbonyl (C=O) groups excluding carboxylic acids is 1. The van der Waals surface area contributed by atoms with Crippen molar-refractivity contribution in [1.82, 2.24) is 10.2 Å². The molecule has 0 aromatic heterocycles. The molecule has 1 N–H and O–H groups in total. The maximum atomic E-state index is 13.0. The first-order valence-electron chi connectivity index (χ1n) is 9.10. The lowest BCUT2D eigenvalue weighted by Gasteiger charge is -2.29. The minimum Gasteiger partial charge on any atom is -0.370 e. The molecule has 1 aromatic carbocycles. The van der Waals surface area contributed by atoms with Gasteiger partial charge in [-0.25, -0.2) is 0 Å². The number of amides is 1. The first-order chi connectivity index (χ1) is 12.4. The van der Waals surface area contributed by atoms with Gasteiger partial charge in [0.1, 0.15) is 0 Å². The fourth-order valence-electron chi connectivity index (χ4n) is 4.73. The Morgan fingerprint density at radius 3 is 2.69 bits per heavy atom. The standard InChI is InChI=1S/C19H22Cl2N4O/c1-19(4-5-24(10-19)15-7-12(20)6-13(21)8-15)18(26)23-16-9-14-2-3-17(16)25(14)11-22/h6-8,14,16-17H,2-5,9-10H2,1H3,(H,23,26)/t14-,16+,17+,19+/m0/s1. The van der Waals surface area contributed by atoms with E-state index in [0.717, 1.165) is 37.9 Å². The van der Waals surface area contributed by atoms with Crippen molar-refractivity contribution in [2.24, 2.45) is 5.41 Å². The number of carbonyl (C=O) groups is 1. The lowest BCUT2D eigenvalue weighted by molar-refractivity contribution is -0.130. The van der Waals surface area contributed by atoms with E-state index in [0.29, 0.717) is 22.6 Å². The summed E-state index contributed by atoms with van der Waals surface area (Å²) in [6.45, 7) is 3.45. The van der Waals surface area contributed by atoms with Crippen LogP contribution in [-0.2, 0) is 4.79 Å². The van der Waals surface area contributed by atoms with Crippen molar-refractivity contribution in [1.29, 1.82) is 5.26 Å². The Balaban J connectivity index is 1.43. The van der Waals surface area contributed by atoms with Crippen molar-refractivity contribution < 1.29 is 4.79 Å². The van der Waals surface area contributed by atoms with Crippen molar-refractivity contribution >= 4 is 34.8 Å². The highest BCUT2D eigenvalue weighted by atomic mass is 35.5. The van der Waals surface area contributed by atoms with Crippen LogP contribution in [-0.4, -0.2) is 42.0 Å². The number of nitrogens with zero attached hydrogens (tertiary/aromatic N) is 3. The van der Waals surface area contributed by atoms with Gasteiger partial charge in [-0.3, -0.25) is 4.79 Å². The number of nitrogens with one attached hydrogen (secondary N) is 1. The number of nitriles is 1. The molecule has 4 atom stereocenters. The Labute approximate surface area is 163 Å². The molecule has 7 heteroatoms. The maximum Gasteiger partial charge on any atom is 0.228 e. The molecule has 3 aliphatic heterocycles. The van der Waals surface area contributed by atoms with Gasteiger partial charge < -0.3 is 15.1 Å². The van der Waals surface area contributed by atoms with Gasteiger partial charge in [-0.15, -0.1) is 0 Å². The van der Waals surface area contributed by atoms with Crippen LogP contribution in [0.3, 0.4) is 0 Å². The van der Waals surface area contributed by atoms with E-state index in [9.17, 15) is 10.1 Å². The van der Waals surface area contributed by atoms with Gasteiger partial charge in [0.2, 0.25) is 5.91 Å². The first kappa shape index (κ1) is 17.8. The van der Waals surface area contributed by atoms with E-state index in [2.05, 4.69) is 16.4 Å². The number of anilines is 1. The van der Waals surface area contributed by atoms with Crippen LogP contribution in [0.15, 0.2) is 18.2 Å². The zero-order valence-corrected chi connectivity index (χ0v) is 16.2. The molecule has 0 radical (unpaired) electrons. The molecule has 3 saturated heterocycles. The van der Waals surface area contributed by atoms with Crippen LogP contribution in [0.2, 0.25) is 10.0 Å². The summed E-state index contributed by atoms with van der Waals surface area (Å²) < 4.78 is 0. The van der Waals surface area contributed by atoms with Gasteiger partial charge in [-0.05, 0) is 50.8 Å². The van der Waals surface area contributed by atoms with Gasteiger partial charge in [0.05, 0.1) is 17.5 Å². The minimum atomic E-state index is -0.450. The Kier molecular flexibility index (Phi) is 4.45. The zero-order chi connectivity index (χ0) is 18.5. The molecule has 138 valence electrons. The van der Waals surface area contributed by atoms with Crippen LogP contribution in [0.5, 0.6) is 0 Å². The number of benzene rings is 1. The predicted molar refractivity (Wildman–Crippen MR) is 102 cm³/mol. The van der Waals surface area contributed by atoms with Gasteiger partial charge in [0.15, 0.2) is 6.19 Å². The molecule has 0 spiro atoms. The molecule has 3 fully saturated rings. The lowest BCUT2D eigenvalue weighted by Crippen LogP contribution is -2.49. The molecule has 0 unspecified atom stereocenters. The van der Waals surface area contributed by atoms with Gasteiger partial charge in [0, 0.05) is 34.9 Å². The summed E-state index contributed by atoms with van der Waals surface area (Å²) in [6, 6.07) is 6.05. The highest BCUT2D eigenvalue weighted by molar-refractivity contribution is 6.35. The van der Waals surface area contributed by atoms with Crippen molar-refractivity contribution in [2.75, 3.05) is 18.0 Å². The Hall–Kier alpha value is -1.64. The average Bonchev–Trinajstić information content (AvgIpc) is 3.26. The summed E-state index contributed by atoms with van der Waals surface area (Å²) in [6.07, 6.45) is 6.02. The van der Waals surface area contributed by atoms with Crippen LogP contribution in [0.25, 0.3) is 0 Å². The molecule has 1 aromatic rings. The van der Waals surface area contributed by atoms with Crippen molar-refractivity contribution in [3.63, 3.8) is 0 Å². The van der Waals surface area contributed by atoms with E-state index in [-0.39, 0.29) is 18.0 Å². The van der Waals surface area contributed by atoms with E-state index in [1.54, 1.807) is 6.07 Å². The van der Waals surface area contributed by atoms with Gasteiger partial charge in [0.25, 0.3) is 0 Å². The second-order valence-corrected chi connectivity index (χ2v) is 8.85. The van der Waals surface area contributed by atoms with Crippen molar-refractivity contribution in [3.05, 3.63) is 28.2 Å². The van der Waals surface area contributed by atoms with E-state index in [1.165, 1.54) is 0 Å². The van der Waals surface area contributed by atoms with E-state index >= 15 is 0 Å². The number of hydrogen-bond donors (Lipinski definition) is 1. The second kappa shape index (κ2) is 6.51.